The number of aryl methyl sites for hydroxylation is 6. The molecule has 10 aromatic carbocycles. The van der Waals surface area contributed by atoms with Crippen molar-refractivity contribution < 1.29 is 72.7 Å². The summed E-state index contributed by atoms with van der Waals surface area (Å²) in [6.45, 7) is 22.3. The number of nitrogens with zero attached hydrogens (tertiary/aromatic N) is 8. The maximum atomic E-state index is 7.29. The van der Waals surface area contributed by atoms with Gasteiger partial charge in [0.05, 0.1) is 24.2 Å². The number of fused-ring (bicyclic) bond motifs is 9. The molecule has 0 amide bonds. The Bertz CT molecular complexity index is 6840. The smallest absolute Gasteiger partial charge is 0.0798 e. The van der Waals surface area contributed by atoms with Gasteiger partial charge in [-0.05, 0) is 171 Å². The maximum absolute atomic E-state index is 7.29. The van der Waals surface area contributed by atoms with Crippen LogP contribution in [0.25, 0.3) is 137 Å². The molecule has 19 rings (SSSR count). The van der Waals surface area contributed by atoms with E-state index in [1.165, 1.54) is 114 Å². The Kier molecular flexibility index (Phi) is 26.7. The van der Waals surface area contributed by atoms with Gasteiger partial charge in [0.15, 0.2) is 0 Å². The molecule has 8 nitrogen and oxygen atoms in total. The first kappa shape index (κ1) is 79.0. The van der Waals surface area contributed by atoms with Crippen LogP contribution in [0.2, 0.25) is 58.9 Å². The zero-order chi connectivity index (χ0) is 90.2. The molecule has 0 aliphatic carbocycles. The average Bonchev–Trinajstić information content (AvgIpc) is 1.61. The van der Waals surface area contributed by atoms with E-state index in [1.807, 2.05) is 78.1 Å². The van der Waals surface area contributed by atoms with Crippen LogP contribution in [0.4, 0.5) is 0 Å². The summed E-state index contributed by atoms with van der Waals surface area (Å²) >= 11 is 1.83. The van der Waals surface area contributed by atoms with Gasteiger partial charge in [0.2, 0.25) is 0 Å². The van der Waals surface area contributed by atoms with E-state index in [9.17, 15) is 0 Å². The summed E-state index contributed by atoms with van der Waals surface area (Å²) in [5.74, 6) is 0. The molecule has 19 aromatic rings. The van der Waals surface area contributed by atoms with Gasteiger partial charge in [-0.15, -0.1) is 179 Å². The van der Waals surface area contributed by atoms with Crippen molar-refractivity contribution in [2.75, 3.05) is 0 Å². The fraction of sp³-hybridized carbons (Fsp3) is 0.151. The summed E-state index contributed by atoms with van der Waals surface area (Å²) in [6.07, 6.45) is 6.24. The molecule has 0 spiro atoms. The van der Waals surface area contributed by atoms with E-state index in [2.05, 4.69) is 310 Å². The number of hydrogen-bond acceptors (Lipinski definition) is 7. The van der Waals surface area contributed by atoms with Crippen molar-refractivity contribution in [1.82, 2.24) is 39.0 Å². The zero-order valence-electron chi connectivity index (χ0n) is 78.6. The minimum absolute atomic E-state index is 0. The minimum atomic E-state index is -2.16. The van der Waals surface area contributed by atoms with E-state index in [0.29, 0.717) is 17.1 Å². The van der Waals surface area contributed by atoms with Gasteiger partial charge in [-0.2, -0.15) is 11.3 Å². The van der Waals surface area contributed by atoms with E-state index in [1.54, 1.807) is 54.6 Å². The molecule has 9 aromatic heterocycles. The molecule has 121 heavy (non-hydrogen) atoms. The van der Waals surface area contributed by atoms with Crippen molar-refractivity contribution in [3.63, 3.8) is 0 Å². The largest absolute Gasteiger partial charge is 0.381 e. The molecule has 0 N–H and O–H groups in total. The SMILES string of the molecule is CCn1c2ccccc2c2cc[c-]c(-c3cc(C)c([Si](C)(C)C)cn3)c21.C[Si](C)(C)c1ccc(-c2[c-]ccc3c2sc2ccccc23)nc1.Cc1cc(-c2[c-]cc3c4ccccc4n(-c4ccccc4)c3c2)ncc1[Si](C)(C)C.[2H]C([2H])([2H])c1cccc(-c2[c-]cccc2)n1.[2H]C([2H])([2H])c1cccc(-c2[c-]cccc2)n1.[2H]C([2H])([2H])c1cccc(-c2[c-]cccc2)n1.[Ir].[Ir].[Ir]. The molecule has 0 saturated heterocycles. The first-order valence-corrected chi connectivity index (χ1v) is 50.9. The van der Waals surface area contributed by atoms with E-state index in [4.69, 9.17) is 27.3 Å². The molecule has 0 saturated carbocycles. The van der Waals surface area contributed by atoms with Crippen LogP contribution in [-0.2, 0) is 66.9 Å². The predicted octanol–water partition coefficient (Wildman–Crippen LogP) is 26.1. The van der Waals surface area contributed by atoms with Crippen LogP contribution in [0.15, 0.2) is 310 Å². The number of thiophene rings is 1. The second kappa shape index (κ2) is 40.9. The summed E-state index contributed by atoms with van der Waals surface area (Å²) in [7, 11) is -4.08. The second-order valence-electron chi connectivity index (χ2n) is 31.9. The number of pyridine rings is 6. The molecular weight excluding hydrogens is 2080 g/mol. The second-order valence-corrected chi connectivity index (χ2v) is 48.1. The third-order valence-corrected chi connectivity index (χ3v) is 28.0. The van der Waals surface area contributed by atoms with Crippen LogP contribution < -0.4 is 15.6 Å². The van der Waals surface area contributed by atoms with Gasteiger partial charge in [0.25, 0.3) is 0 Å². The van der Waals surface area contributed by atoms with E-state index in [-0.39, 0.29) is 77.4 Å². The summed E-state index contributed by atoms with van der Waals surface area (Å²) in [5.41, 5.74) is 19.7. The normalized spacial score (nSPS) is 12.5. The number of aromatic nitrogens is 8. The fourth-order valence-corrected chi connectivity index (χ4v) is 20.4. The Labute approximate surface area is 774 Å². The molecule has 3 radical (unpaired) electrons. The number of hydrogen-bond donors (Lipinski definition) is 0. The Hall–Kier alpha value is -10.5. The third kappa shape index (κ3) is 21.7. The summed E-state index contributed by atoms with van der Waals surface area (Å²) < 4.78 is 73.0. The van der Waals surface area contributed by atoms with Gasteiger partial charge in [-0.25, -0.2) is 0 Å². The third-order valence-electron chi connectivity index (χ3n) is 20.5. The van der Waals surface area contributed by atoms with Crippen LogP contribution >= 0.6 is 11.3 Å². The van der Waals surface area contributed by atoms with E-state index >= 15 is 0 Å². The molecule has 0 fully saturated rings. The summed E-state index contributed by atoms with van der Waals surface area (Å²) in [4.78, 5) is 26.8. The Morgan fingerprint density at radius 3 is 1.32 bits per heavy atom. The molecule has 0 atom stereocenters. The average molecular weight is 2190 g/mol. The molecule has 15 heteroatoms. The van der Waals surface area contributed by atoms with Crippen molar-refractivity contribution in [1.29, 1.82) is 0 Å². The topological polar surface area (TPSA) is 87.2 Å². The first-order valence-electron chi connectivity index (χ1n) is 44.1. The van der Waals surface area contributed by atoms with Crippen LogP contribution in [0.1, 0.15) is 47.5 Å². The van der Waals surface area contributed by atoms with E-state index < -0.39 is 44.8 Å². The Balaban J connectivity index is 0.000000153. The predicted molar refractivity (Wildman–Crippen MR) is 510 cm³/mol. The molecule has 0 unspecified atom stereocenters. The fourth-order valence-electron chi connectivity index (χ4n) is 14.7. The van der Waals surface area contributed by atoms with Gasteiger partial charge >= 0.3 is 0 Å². The molecule has 0 aliphatic rings. The van der Waals surface area contributed by atoms with Crippen molar-refractivity contribution in [3.8, 4) is 73.2 Å². The van der Waals surface area contributed by atoms with Gasteiger partial charge in [0, 0.05) is 136 Å². The molecule has 0 bridgehead atoms. The van der Waals surface area contributed by atoms with Gasteiger partial charge in [-0.1, -0.05) is 220 Å². The number of benzene rings is 10. The van der Waals surface area contributed by atoms with Gasteiger partial charge in [0.1, 0.15) is 0 Å². The van der Waals surface area contributed by atoms with Crippen molar-refractivity contribution in [2.24, 2.45) is 0 Å². The standard InChI is InChI=1S/C27H25N2Si.C23H25N2Si.C20H18NSSi.3C12H10N.3Ir/c1-19-16-24(28-18-27(19)30(2,3)4)20-14-15-23-22-12-8-9-13-25(22)29(26(23)17-20)21-10-6-5-7-11-21;1-6-25-21-13-8-7-10-17(21)18-11-9-12-19(23(18)25)20-14-16(2)22(15-24-20)26(3,4)5;1-23(2,3)14-11-12-18(21-13-14)17-9-6-8-16-15-7-4-5-10-19(15)22-20(16)17;3*1-10-6-5-9-12(13-10)11-7-3-2-4-8-11;;;/h5-13,15-18H,1-4H3;7-11,13-15H,6H2,1-5H3;4-8,10-13H,1-3H3;3*2-7,9H,1H3;;;/q6*-1;;;/i;;;3*1D3;;;. The summed E-state index contributed by atoms with van der Waals surface area (Å²) in [5, 5.41) is 11.9. The number of rotatable bonds is 11. The minimum Gasteiger partial charge on any atom is -0.381 e. The zero-order valence-corrected chi connectivity index (χ0v) is 80.6. The van der Waals surface area contributed by atoms with E-state index in [0.717, 1.165) is 57.0 Å². The molecule has 9 heterocycles. The monoisotopic (exact) mass is 2190 g/mol. The number of para-hydroxylation sites is 3. The summed E-state index contributed by atoms with van der Waals surface area (Å²) in [6, 6.07) is 114. The Morgan fingerprint density at radius 2 is 0.826 bits per heavy atom. The van der Waals surface area contributed by atoms with Gasteiger partial charge < -0.3 is 39.0 Å². The molecular formula is C106H98Ir3N8SSi3-6. The van der Waals surface area contributed by atoms with Crippen LogP contribution in [-0.4, -0.2) is 63.3 Å². The first-order chi connectivity index (χ1) is 60.6. The van der Waals surface area contributed by atoms with Crippen molar-refractivity contribution >= 4 is 115 Å². The van der Waals surface area contributed by atoms with Gasteiger partial charge in [-0.3, -0.25) is 0 Å². The Morgan fingerprint density at radius 1 is 0.355 bits per heavy atom. The molecule has 613 valence electrons. The van der Waals surface area contributed by atoms with Crippen LogP contribution in [0, 0.1) is 70.8 Å². The van der Waals surface area contributed by atoms with Crippen molar-refractivity contribution in [3.05, 3.63) is 374 Å². The van der Waals surface area contributed by atoms with Crippen LogP contribution in [0.3, 0.4) is 0 Å². The quantitative estimate of drug-likeness (QED) is 0.0947. The van der Waals surface area contributed by atoms with Crippen molar-refractivity contribution in [2.45, 2.75) is 107 Å². The maximum Gasteiger partial charge on any atom is 0.0798 e. The molecule has 0 aliphatic heterocycles. The van der Waals surface area contributed by atoms with Crippen LogP contribution in [0.5, 0.6) is 0 Å².